The summed E-state index contributed by atoms with van der Waals surface area (Å²) < 4.78 is 84.5. The van der Waals surface area contributed by atoms with Crippen molar-refractivity contribution in [2.45, 2.75) is 273 Å². The third kappa shape index (κ3) is 18.5. The largest absolute Gasteiger partial charge is 0.479 e. The van der Waals surface area contributed by atoms with Crippen LogP contribution in [0.25, 0.3) is 0 Å². The van der Waals surface area contributed by atoms with Crippen LogP contribution in [0.1, 0.15) is 27.7 Å². The van der Waals surface area contributed by atoms with E-state index in [4.69, 9.17) is 71.1 Å². The van der Waals surface area contributed by atoms with Crippen molar-refractivity contribution in [2.24, 2.45) is 0 Å². The molecule has 40 atom stereocenters. The van der Waals surface area contributed by atoms with E-state index in [9.17, 15) is 151 Å². The Morgan fingerprint density at radius 3 is 0.724 bits per heavy atom. The highest BCUT2D eigenvalue weighted by atomic mass is 16.8. The molecule has 49 heteroatoms. The lowest BCUT2D eigenvalue weighted by Gasteiger charge is -2.51. The lowest BCUT2D eigenvalue weighted by atomic mass is 9.93. The van der Waals surface area contributed by atoms with Crippen molar-refractivity contribution in [1.29, 1.82) is 0 Å². The molecular weight excluding hydrogens is 1450 g/mol. The number of ether oxygens (including phenoxy) is 15. The molecule has 0 saturated carbocycles. The second kappa shape index (κ2) is 35.9. The molecule has 8 aliphatic heterocycles. The van der Waals surface area contributed by atoms with Crippen LogP contribution in [0.3, 0.4) is 0 Å². The number of carboxylic acid groups (broad SMARTS) is 4. The van der Waals surface area contributed by atoms with E-state index in [1.165, 1.54) is 0 Å². The Kier molecular flexibility index (Phi) is 29.0. The Bertz CT molecular complexity index is 2990. The maximum absolute atomic E-state index is 13.2. The van der Waals surface area contributed by atoms with E-state index >= 15 is 0 Å². The number of hydrogen-bond acceptors (Lipinski definition) is 41. The molecule has 0 aromatic carbocycles. The third-order valence-electron chi connectivity index (χ3n) is 18.1. The maximum atomic E-state index is 13.2. The number of aliphatic hydroxyl groups excluding tert-OH is 18. The van der Waals surface area contributed by atoms with E-state index < -0.39 is 319 Å². The first-order valence-electron chi connectivity index (χ1n) is 32.1. The number of aliphatic hydroxyl groups is 18. The maximum Gasteiger partial charge on any atom is 0.335 e. The number of amides is 4. The van der Waals surface area contributed by atoms with E-state index in [0.717, 1.165) is 27.7 Å². The van der Waals surface area contributed by atoms with E-state index in [2.05, 4.69) is 21.3 Å². The van der Waals surface area contributed by atoms with Gasteiger partial charge in [0.25, 0.3) is 0 Å². The normalized spacial score (nSPS) is 46.8. The summed E-state index contributed by atoms with van der Waals surface area (Å²) >= 11 is 0. The summed E-state index contributed by atoms with van der Waals surface area (Å²) in [6, 6.07) is -7.95. The van der Waals surface area contributed by atoms with Gasteiger partial charge in [0.1, 0.15) is 171 Å². The van der Waals surface area contributed by atoms with Gasteiger partial charge in [0, 0.05) is 27.7 Å². The number of carbonyl (C=O) groups excluding carboxylic acids is 4. The number of rotatable bonds is 26. The molecule has 8 rings (SSSR count). The van der Waals surface area contributed by atoms with Gasteiger partial charge in [0.15, 0.2) is 74.7 Å². The van der Waals surface area contributed by atoms with Gasteiger partial charge in [0.05, 0.1) is 26.4 Å². The summed E-state index contributed by atoms with van der Waals surface area (Å²) in [5.41, 5.74) is 0. The Hall–Kier alpha value is -5.56. The smallest absolute Gasteiger partial charge is 0.335 e. The molecule has 0 unspecified atom stereocenters. The van der Waals surface area contributed by atoms with Gasteiger partial charge >= 0.3 is 23.9 Å². The Morgan fingerprint density at radius 2 is 0.476 bits per heavy atom. The average Bonchev–Trinajstić information content (AvgIpc) is 0.759. The highest BCUT2D eigenvalue weighted by molar-refractivity contribution is 5.76. The fraction of sp³-hybridized carbons (Fsp3) is 0.857. The molecule has 0 aromatic heterocycles. The van der Waals surface area contributed by atoms with Crippen molar-refractivity contribution >= 4 is 47.5 Å². The number of nitrogens with one attached hydrogen (secondary N) is 4. The Balaban J connectivity index is 1.01. The number of carboxylic acids is 4. The van der Waals surface area contributed by atoms with E-state index in [-0.39, 0.29) is 0 Å². The molecule has 0 aliphatic carbocycles. The quantitative estimate of drug-likeness (QED) is 0.0382. The van der Waals surface area contributed by atoms with Crippen LogP contribution in [0.4, 0.5) is 0 Å². The van der Waals surface area contributed by atoms with Crippen LogP contribution in [-0.4, -0.2) is 432 Å². The molecule has 0 radical (unpaired) electrons. The lowest BCUT2D eigenvalue weighted by molar-refractivity contribution is -0.380. The molecule has 0 spiro atoms. The van der Waals surface area contributed by atoms with Crippen molar-refractivity contribution in [3.63, 3.8) is 0 Å². The molecule has 0 bridgehead atoms. The molecule has 8 fully saturated rings. The van der Waals surface area contributed by atoms with Crippen LogP contribution in [0.15, 0.2) is 0 Å². The van der Waals surface area contributed by atoms with Gasteiger partial charge in [-0.3, -0.25) is 19.2 Å². The zero-order valence-corrected chi connectivity index (χ0v) is 55.2. The van der Waals surface area contributed by atoms with Gasteiger partial charge in [-0.15, -0.1) is 0 Å². The predicted octanol–water partition coefficient (Wildman–Crippen LogP) is -17.5. The molecule has 105 heavy (non-hydrogen) atoms. The monoisotopic (exact) mass is 1530 g/mol. The average molecular weight is 1540 g/mol. The molecule has 26 N–H and O–H groups in total. The molecule has 600 valence electrons. The minimum atomic E-state index is -2.65. The minimum absolute atomic E-state index is 0.832. The van der Waals surface area contributed by atoms with Crippen molar-refractivity contribution in [1.82, 2.24) is 21.3 Å². The molecular formula is C56H86N4O45. The summed E-state index contributed by atoms with van der Waals surface area (Å²) in [5.74, 6) is -12.0. The summed E-state index contributed by atoms with van der Waals surface area (Å²) in [6.07, 6.45) is -82.7. The fourth-order valence-electron chi connectivity index (χ4n) is 13.0. The zero-order valence-electron chi connectivity index (χ0n) is 55.2. The zero-order chi connectivity index (χ0) is 78.0. The Labute approximate surface area is 588 Å². The lowest BCUT2D eigenvalue weighted by Crippen LogP contribution is -2.71. The third-order valence-corrected chi connectivity index (χ3v) is 18.1. The van der Waals surface area contributed by atoms with Gasteiger partial charge < -0.3 is 205 Å². The highest BCUT2D eigenvalue weighted by Crippen LogP contribution is 2.39. The second-order valence-electron chi connectivity index (χ2n) is 25.5. The van der Waals surface area contributed by atoms with Crippen molar-refractivity contribution in [2.75, 3.05) is 26.4 Å². The van der Waals surface area contributed by atoms with Gasteiger partial charge in [-0.2, -0.15) is 0 Å². The number of hydrogen-bond donors (Lipinski definition) is 26. The first-order valence-corrected chi connectivity index (χ1v) is 32.1. The van der Waals surface area contributed by atoms with Crippen LogP contribution in [-0.2, 0) is 109 Å². The molecule has 8 heterocycles. The first kappa shape index (κ1) is 85.1. The predicted molar refractivity (Wildman–Crippen MR) is 313 cm³/mol. The SMILES string of the molecule is CC(=O)N[C@H]1[C@H](O[C@H]2[C@H](O)[C@@H](O)[C@@H](O[C@H]3[C@H](O)[C@@H](CO)O[C@@H](O[C@H]4[C@H](O)[C@@H](O)[C@@H](O[C@H]5[C@H](O)[C@@H](CO)O[C@@H](O[C@H]6[C@H](O)[C@@H](O)[C@@H](O[C@H]7[C@H](O)[C@@H](CO)O[C@@H](O[C@H]8[C@H](O)[C@@H](O)[C@@H](O)O[C@@H]8C(=O)O)[C@@H]7NC(C)=O)O[C@@H]6C(=O)O)[C@@H]5NC(C)=O)O[C@@H]4C(=O)O)[C@@H]3NC(C)=O)O[C@@H]2C(=O)O)O[C@H](CO)[C@@H](O)[C@@H]1O. The molecule has 0 aromatic rings. The van der Waals surface area contributed by atoms with E-state index in [1.54, 1.807) is 0 Å². The standard InChI is InChI=1S/C56H86N4O45/c1-9(65)57-17-25(73)21(69)13(5-61)91-50(17)99-38-27(75)31(79)54(103-42(38)46(84)85)97-35-19(59-11(3)67)52(93-15(7-63)23(35)71)101-40-29(77)33(81)56(105-44(40)48(88)89)98-36-20(60-12(4)68)53(94-16(8-64)24(36)72)102-39-28(76)32(80)55(104-43(39)47(86)87)96-34-18(58-10(2)66)51(92-14(6-62)22(34)70)100-37-26(74)30(78)49(90)95-41(37)45(82)83/h13-44,49-56,61-64,69-81,90H,5-8H2,1-4H3,(H,57,65)(H,58,66)(H,59,67)(H,60,68)(H,82,83)(H,84,85)(H,86,87)(H,88,89)/t13-,14-,15-,16-,17-,18-,19-,20-,21-,22-,23-,24-,25-,26-,27-,28-,29-,30-,31-,32-,33-,34-,35-,36-,37+,38+,39+,40+,41+,42+,43+,44+,49+,50+,51+,52+,53+,54+,55+,56+/m1/s1. The van der Waals surface area contributed by atoms with Crippen molar-refractivity contribution in [3.05, 3.63) is 0 Å². The van der Waals surface area contributed by atoms with Gasteiger partial charge in [-0.25, -0.2) is 19.2 Å². The van der Waals surface area contributed by atoms with Gasteiger partial charge in [0.2, 0.25) is 23.6 Å². The molecule has 4 amide bonds. The second-order valence-corrected chi connectivity index (χ2v) is 25.5. The number of aliphatic carboxylic acids is 4. The van der Waals surface area contributed by atoms with Crippen LogP contribution < -0.4 is 21.3 Å². The summed E-state index contributed by atoms with van der Waals surface area (Å²) in [4.78, 5) is 102. The van der Waals surface area contributed by atoms with Crippen molar-refractivity contribution < 1.29 is 222 Å². The molecule has 8 saturated heterocycles. The fourth-order valence-corrected chi connectivity index (χ4v) is 13.0. The first-order chi connectivity index (χ1) is 49.3. The van der Waals surface area contributed by atoms with Crippen LogP contribution in [0.5, 0.6) is 0 Å². The van der Waals surface area contributed by atoms with Crippen LogP contribution in [0.2, 0.25) is 0 Å². The molecule has 8 aliphatic rings. The number of carbonyl (C=O) groups is 8. The van der Waals surface area contributed by atoms with Gasteiger partial charge in [-0.05, 0) is 0 Å². The van der Waals surface area contributed by atoms with Crippen molar-refractivity contribution in [3.8, 4) is 0 Å². The highest BCUT2D eigenvalue weighted by Gasteiger charge is 2.62. The van der Waals surface area contributed by atoms with Crippen LogP contribution in [0, 0.1) is 0 Å². The van der Waals surface area contributed by atoms with Crippen LogP contribution >= 0.6 is 0 Å². The molecule has 49 nitrogen and oxygen atoms in total. The van der Waals surface area contributed by atoms with E-state index in [1.807, 2.05) is 0 Å². The minimum Gasteiger partial charge on any atom is -0.479 e. The summed E-state index contributed by atoms with van der Waals surface area (Å²) in [7, 11) is 0. The topological polar surface area (TPSA) is 768 Å². The summed E-state index contributed by atoms with van der Waals surface area (Å²) in [6.45, 7) is -1.09. The van der Waals surface area contributed by atoms with Gasteiger partial charge in [-0.1, -0.05) is 0 Å². The summed E-state index contributed by atoms with van der Waals surface area (Å²) in [5, 5.41) is 248. The van der Waals surface area contributed by atoms with E-state index in [0.29, 0.717) is 0 Å². The Morgan fingerprint density at radius 1 is 0.257 bits per heavy atom.